The minimum Gasteiger partial charge on any atom is -0.356 e. The summed E-state index contributed by atoms with van der Waals surface area (Å²) in [5.41, 5.74) is 1.07. The van der Waals surface area contributed by atoms with Crippen LogP contribution in [0.5, 0.6) is 0 Å². The highest BCUT2D eigenvalue weighted by Gasteiger charge is 2.14. The van der Waals surface area contributed by atoms with Crippen LogP contribution < -0.4 is 16.0 Å². The van der Waals surface area contributed by atoms with E-state index in [0.29, 0.717) is 18.8 Å². The summed E-state index contributed by atoms with van der Waals surface area (Å²) in [4.78, 5) is 20.3. The molecule has 0 atom stereocenters. The molecular formula is C19H31N5O. The second-order valence-electron chi connectivity index (χ2n) is 6.74. The molecule has 1 aliphatic rings. The molecule has 0 spiro atoms. The van der Waals surface area contributed by atoms with Crippen LogP contribution >= 0.6 is 0 Å². The average Bonchev–Trinajstić information content (AvgIpc) is 3.12. The molecule has 1 saturated carbocycles. The molecule has 1 aromatic rings. The van der Waals surface area contributed by atoms with E-state index in [9.17, 15) is 4.79 Å². The molecule has 0 unspecified atom stereocenters. The van der Waals surface area contributed by atoms with E-state index in [0.717, 1.165) is 24.0 Å². The van der Waals surface area contributed by atoms with Gasteiger partial charge in [0, 0.05) is 32.8 Å². The number of hydrogen-bond donors (Lipinski definition) is 3. The van der Waals surface area contributed by atoms with E-state index in [-0.39, 0.29) is 5.91 Å². The normalized spacial score (nSPS) is 15.2. The number of guanidine groups is 1. The Morgan fingerprint density at radius 2 is 2.00 bits per heavy atom. The van der Waals surface area contributed by atoms with E-state index in [4.69, 9.17) is 0 Å². The predicted molar refractivity (Wildman–Crippen MR) is 103 cm³/mol. The van der Waals surface area contributed by atoms with Gasteiger partial charge in [-0.05, 0) is 37.3 Å². The van der Waals surface area contributed by atoms with Gasteiger partial charge in [-0.1, -0.05) is 31.7 Å². The highest BCUT2D eigenvalue weighted by Crippen LogP contribution is 2.28. The Hall–Kier alpha value is -2.11. The lowest BCUT2D eigenvalue weighted by Crippen LogP contribution is -2.39. The first-order valence-corrected chi connectivity index (χ1v) is 9.34. The minimum absolute atomic E-state index is 0.0551. The standard InChI is InChI=1S/C19H31N5O/c1-15-9-10-17(23-14-15)24-18(25)11-13-22-19(20-2)21-12-5-8-16-6-3-4-7-16/h9-10,14,16H,3-8,11-13H2,1-2H3,(H2,20,21,22)(H,23,24,25). The smallest absolute Gasteiger partial charge is 0.227 e. The van der Waals surface area contributed by atoms with Gasteiger partial charge in [-0.25, -0.2) is 4.98 Å². The van der Waals surface area contributed by atoms with Crippen LogP contribution in [0.4, 0.5) is 5.82 Å². The molecule has 6 heteroatoms. The van der Waals surface area contributed by atoms with Gasteiger partial charge in [0.05, 0.1) is 0 Å². The second kappa shape index (κ2) is 10.7. The van der Waals surface area contributed by atoms with E-state index >= 15 is 0 Å². The third kappa shape index (κ3) is 7.54. The highest BCUT2D eigenvalue weighted by atomic mass is 16.1. The van der Waals surface area contributed by atoms with E-state index < -0.39 is 0 Å². The number of nitrogens with one attached hydrogen (secondary N) is 3. The Balaban J connectivity index is 1.56. The summed E-state index contributed by atoms with van der Waals surface area (Å²) in [5.74, 6) is 2.22. The van der Waals surface area contributed by atoms with Crippen LogP contribution in [0.2, 0.25) is 0 Å². The zero-order chi connectivity index (χ0) is 17.9. The number of aliphatic imine (C=N–C) groups is 1. The highest BCUT2D eigenvalue weighted by molar-refractivity contribution is 5.90. The number of anilines is 1. The Kier molecular flexibility index (Phi) is 8.22. The van der Waals surface area contributed by atoms with Crippen molar-refractivity contribution in [1.29, 1.82) is 0 Å². The van der Waals surface area contributed by atoms with Crippen LogP contribution in [0.3, 0.4) is 0 Å². The maximum Gasteiger partial charge on any atom is 0.227 e. The molecule has 25 heavy (non-hydrogen) atoms. The molecule has 0 saturated heterocycles. The van der Waals surface area contributed by atoms with Crippen LogP contribution in [-0.2, 0) is 4.79 Å². The molecule has 1 heterocycles. The maximum atomic E-state index is 11.9. The van der Waals surface area contributed by atoms with Crippen molar-refractivity contribution in [2.45, 2.75) is 51.9 Å². The molecule has 1 aromatic heterocycles. The van der Waals surface area contributed by atoms with Crippen LogP contribution in [-0.4, -0.2) is 37.0 Å². The Morgan fingerprint density at radius 3 is 2.68 bits per heavy atom. The number of nitrogens with zero attached hydrogens (tertiary/aromatic N) is 2. The molecular weight excluding hydrogens is 314 g/mol. The fourth-order valence-corrected chi connectivity index (χ4v) is 3.16. The lowest BCUT2D eigenvalue weighted by Gasteiger charge is -2.13. The Morgan fingerprint density at radius 1 is 1.24 bits per heavy atom. The molecule has 2 rings (SSSR count). The third-order valence-corrected chi connectivity index (χ3v) is 4.60. The van der Waals surface area contributed by atoms with Gasteiger partial charge in [0.25, 0.3) is 0 Å². The summed E-state index contributed by atoms with van der Waals surface area (Å²) in [6.07, 6.45) is 10.2. The van der Waals surface area contributed by atoms with Crippen LogP contribution in [0.25, 0.3) is 0 Å². The number of aromatic nitrogens is 1. The van der Waals surface area contributed by atoms with Crippen LogP contribution in [0, 0.1) is 12.8 Å². The van der Waals surface area contributed by atoms with Crippen molar-refractivity contribution in [3.05, 3.63) is 23.9 Å². The van der Waals surface area contributed by atoms with Crippen molar-refractivity contribution < 1.29 is 4.79 Å². The number of hydrogen-bond acceptors (Lipinski definition) is 3. The van der Waals surface area contributed by atoms with E-state index in [1.807, 2.05) is 19.1 Å². The van der Waals surface area contributed by atoms with Gasteiger partial charge in [-0.15, -0.1) is 0 Å². The van der Waals surface area contributed by atoms with Gasteiger partial charge in [-0.2, -0.15) is 0 Å². The van der Waals surface area contributed by atoms with Crippen molar-refractivity contribution in [3.63, 3.8) is 0 Å². The molecule has 0 bridgehead atoms. The first kappa shape index (κ1) is 19.2. The topological polar surface area (TPSA) is 78.4 Å². The van der Waals surface area contributed by atoms with E-state index in [1.165, 1.54) is 38.5 Å². The first-order chi connectivity index (χ1) is 12.2. The summed E-state index contributed by atoms with van der Waals surface area (Å²) >= 11 is 0. The van der Waals surface area contributed by atoms with Gasteiger partial charge >= 0.3 is 0 Å². The van der Waals surface area contributed by atoms with E-state index in [1.54, 1.807) is 13.2 Å². The number of carbonyl (C=O) groups excluding carboxylic acids is 1. The number of carbonyl (C=O) groups is 1. The maximum absolute atomic E-state index is 11.9. The average molecular weight is 345 g/mol. The summed E-state index contributed by atoms with van der Waals surface area (Å²) < 4.78 is 0. The summed E-state index contributed by atoms with van der Waals surface area (Å²) in [5, 5.41) is 9.29. The van der Waals surface area contributed by atoms with Crippen molar-refractivity contribution in [2.24, 2.45) is 10.9 Å². The van der Waals surface area contributed by atoms with Crippen LogP contribution in [0.15, 0.2) is 23.3 Å². The first-order valence-electron chi connectivity index (χ1n) is 9.34. The fourth-order valence-electron chi connectivity index (χ4n) is 3.16. The largest absolute Gasteiger partial charge is 0.356 e. The zero-order valence-corrected chi connectivity index (χ0v) is 15.5. The Bertz CT molecular complexity index is 549. The Labute approximate surface area is 150 Å². The van der Waals surface area contributed by atoms with Gasteiger partial charge in [0.1, 0.15) is 5.82 Å². The predicted octanol–water partition coefficient (Wildman–Crippen LogP) is 2.85. The number of aryl methyl sites for hydroxylation is 1. The number of rotatable bonds is 8. The lowest BCUT2D eigenvalue weighted by molar-refractivity contribution is -0.116. The van der Waals surface area contributed by atoms with Crippen molar-refractivity contribution in [3.8, 4) is 0 Å². The van der Waals surface area contributed by atoms with Gasteiger partial charge in [0.2, 0.25) is 5.91 Å². The minimum atomic E-state index is -0.0551. The molecule has 3 N–H and O–H groups in total. The molecule has 6 nitrogen and oxygen atoms in total. The van der Waals surface area contributed by atoms with Crippen molar-refractivity contribution in [2.75, 3.05) is 25.5 Å². The lowest BCUT2D eigenvalue weighted by atomic mass is 10.0. The summed E-state index contributed by atoms with van der Waals surface area (Å²) in [6, 6.07) is 3.74. The molecule has 1 aliphatic carbocycles. The monoisotopic (exact) mass is 345 g/mol. The summed E-state index contributed by atoms with van der Waals surface area (Å²) in [7, 11) is 1.75. The van der Waals surface area contributed by atoms with Crippen molar-refractivity contribution >= 4 is 17.7 Å². The summed E-state index contributed by atoms with van der Waals surface area (Å²) in [6.45, 7) is 3.44. The van der Waals surface area contributed by atoms with Gasteiger partial charge in [0.15, 0.2) is 5.96 Å². The van der Waals surface area contributed by atoms with Gasteiger partial charge < -0.3 is 16.0 Å². The zero-order valence-electron chi connectivity index (χ0n) is 15.5. The van der Waals surface area contributed by atoms with Crippen LogP contribution in [0.1, 0.15) is 50.5 Å². The number of pyridine rings is 1. The molecule has 0 aromatic carbocycles. The third-order valence-electron chi connectivity index (χ3n) is 4.60. The van der Waals surface area contributed by atoms with Gasteiger partial charge in [-0.3, -0.25) is 9.79 Å². The number of amides is 1. The molecule has 0 aliphatic heterocycles. The molecule has 1 fully saturated rings. The van der Waals surface area contributed by atoms with E-state index in [2.05, 4.69) is 25.9 Å². The molecule has 1 amide bonds. The molecule has 0 radical (unpaired) electrons. The van der Waals surface area contributed by atoms with Crippen molar-refractivity contribution in [1.82, 2.24) is 15.6 Å². The second-order valence-corrected chi connectivity index (χ2v) is 6.74. The molecule has 138 valence electrons. The SMILES string of the molecule is CN=C(NCCCC1CCCC1)NCCC(=O)Nc1ccc(C)cn1. The fraction of sp³-hybridized carbons (Fsp3) is 0.632. The quantitative estimate of drug-likeness (QED) is 0.385.